The topological polar surface area (TPSA) is 272 Å². The minimum absolute atomic E-state index is 0.154. The van der Waals surface area contributed by atoms with Crippen molar-refractivity contribution < 1.29 is 37.6 Å². The van der Waals surface area contributed by atoms with Gasteiger partial charge in [-0.15, -0.1) is 0 Å². The molecule has 3 aromatic carbocycles. The van der Waals surface area contributed by atoms with Crippen LogP contribution in [0.4, 0.5) is 21.9 Å². The molecule has 0 atom stereocenters. The number of halogens is 1. The Bertz CT molecular complexity index is 4740. The number of aliphatic hydroxyl groups is 1. The van der Waals surface area contributed by atoms with Gasteiger partial charge in [-0.25, -0.2) is 34.7 Å². The highest BCUT2D eigenvalue weighted by molar-refractivity contribution is 9.10. The molecule has 3 saturated carbocycles. The number of rotatable bonds is 12. The van der Waals surface area contributed by atoms with Crippen LogP contribution in [0.15, 0.2) is 114 Å². The number of aliphatic hydroxyl groups excluding tert-OH is 1. The summed E-state index contributed by atoms with van der Waals surface area (Å²) in [4.78, 5) is 51.6. The largest absolute Gasteiger partial charge is 0.494 e. The van der Waals surface area contributed by atoms with Gasteiger partial charge in [0.1, 0.15) is 45.8 Å². The minimum atomic E-state index is -1.73. The highest BCUT2D eigenvalue weighted by Gasteiger charge is 2.52. The number of nitrogens with one attached hydrogen (secondary N) is 2. The SMILES string of the molecule is CC(C)(C)OC(=O)N1CCC(=O)CC1.CC1(C)OB(c2ccc(N)cc2)OC1(C)C.Cc1ncc2c(-c3ccc(N)cc3)cn(C3CCC(O[Si](C)(C)C(C)(C)C)CC3)c2n1.Cc1ncc2c(-c3ccc(NC4CCNCC4)cc3)cn(C3CCC(O)CC3)c2n1.Cc1ncc2c(Br)cn(C3CCC(O[Si](C)(C)C(C)(C)C)CC3)c2n1. The van der Waals surface area contributed by atoms with Crippen molar-refractivity contribution in [1.29, 1.82) is 0 Å². The molecule has 6 aliphatic rings. The lowest BCUT2D eigenvalue weighted by Crippen LogP contribution is -2.44. The molecule has 0 unspecified atom stereocenters. The summed E-state index contributed by atoms with van der Waals surface area (Å²) in [5, 5.41) is 20.8. The first-order chi connectivity index (χ1) is 54.5. The van der Waals surface area contributed by atoms with Crippen LogP contribution in [0.25, 0.3) is 55.4 Å². The fraction of sp³-hybridized carbons (Fsp3) is 0.578. The zero-order valence-electron chi connectivity index (χ0n) is 73.0. The summed E-state index contributed by atoms with van der Waals surface area (Å²) in [7, 11) is -3.70. The van der Waals surface area contributed by atoms with E-state index in [0.29, 0.717) is 62.3 Å². The van der Waals surface area contributed by atoms with E-state index in [2.05, 4.69) is 183 Å². The van der Waals surface area contributed by atoms with Gasteiger partial charge in [-0.2, -0.15) is 0 Å². The van der Waals surface area contributed by atoms with Crippen molar-refractivity contribution in [3.8, 4) is 22.3 Å². The van der Waals surface area contributed by atoms with Gasteiger partial charge in [0.05, 0.1) is 22.7 Å². The molecular formula is C90H132BBrN14O8Si2. The van der Waals surface area contributed by atoms with Gasteiger partial charge in [-0.3, -0.25) is 4.79 Å². The molecule has 3 aliphatic carbocycles. The lowest BCUT2D eigenvalue weighted by Gasteiger charge is -2.41. The van der Waals surface area contributed by atoms with Crippen molar-refractivity contribution in [2.75, 3.05) is 43.0 Å². The third-order valence-corrected chi connectivity index (χ3v) is 35.0. The summed E-state index contributed by atoms with van der Waals surface area (Å²) in [6, 6.07) is 26.3. The fourth-order valence-corrected chi connectivity index (χ4v) is 18.9. The number of nitrogens with two attached hydrogens (primary N) is 2. The number of hydrogen-bond acceptors (Lipinski definition) is 18. The van der Waals surface area contributed by atoms with E-state index in [0.717, 1.165) is 168 Å². The minimum Gasteiger partial charge on any atom is -0.444 e. The van der Waals surface area contributed by atoms with Crippen molar-refractivity contribution in [2.45, 2.75) is 309 Å². The van der Waals surface area contributed by atoms with Gasteiger partial charge < -0.3 is 68.7 Å². The van der Waals surface area contributed by atoms with Crippen LogP contribution in [0.1, 0.15) is 228 Å². The number of ketones is 1. The Kier molecular flexibility index (Phi) is 28.6. The Hall–Kier alpha value is -7.40. The molecule has 0 spiro atoms. The fourth-order valence-electron chi connectivity index (χ4n) is 15.5. The van der Waals surface area contributed by atoms with E-state index in [9.17, 15) is 14.7 Å². The van der Waals surface area contributed by atoms with E-state index in [1.807, 2.05) is 124 Å². The van der Waals surface area contributed by atoms with Crippen LogP contribution in [0.2, 0.25) is 36.3 Å². The van der Waals surface area contributed by atoms with Crippen LogP contribution < -0.4 is 27.6 Å². The number of benzene rings is 3. The smallest absolute Gasteiger partial charge is 0.444 e. The molecule has 3 saturated heterocycles. The molecule has 7 N–H and O–H groups in total. The van der Waals surface area contributed by atoms with Gasteiger partial charge in [-0.1, -0.05) is 77.9 Å². The second-order valence-electron chi connectivity index (χ2n) is 38.0. The molecule has 6 aromatic heterocycles. The van der Waals surface area contributed by atoms with Gasteiger partial charge in [0.2, 0.25) is 0 Å². The van der Waals surface area contributed by atoms with Crippen molar-refractivity contribution in [3.63, 3.8) is 0 Å². The monoisotopic (exact) mass is 1680 g/mol. The predicted molar refractivity (Wildman–Crippen MR) is 481 cm³/mol. The number of aromatic nitrogens is 9. The first kappa shape index (κ1) is 89.4. The highest BCUT2D eigenvalue weighted by Crippen LogP contribution is 2.45. The molecule has 0 bridgehead atoms. The lowest BCUT2D eigenvalue weighted by atomic mass is 9.79. The molecule has 1 amide bonds. The number of hydrogen-bond donors (Lipinski definition) is 5. The molecule has 6 fully saturated rings. The number of ether oxygens (including phenoxy) is 1. The number of piperidine rings is 2. The molecular weight excluding hydrogens is 1550 g/mol. The molecule has 15 rings (SSSR count). The van der Waals surface area contributed by atoms with E-state index in [1.165, 1.54) is 35.2 Å². The zero-order chi connectivity index (χ0) is 84.0. The molecule has 628 valence electrons. The van der Waals surface area contributed by atoms with Crippen LogP contribution in [-0.4, -0.2) is 157 Å². The normalized spacial score (nSPS) is 21.5. The van der Waals surface area contributed by atoms with Crippen molar-refractivity contribution in [1.82, 2.24) is 53.8 Å². The lowest BCUT2D eigenvalue weighted by molar-refractivity contribution is -0.121. The third kappa shape index (κ3) is 22.5. The summed E-state index contributed by atoms with van der Waals surface area (Å²) < 4.78 is 38.5. The number of carbonyl (C=O) groups is 2. The Morgan fingerprint density at radius 1 is 0.560 bits per heavy atom. The maximum atomic E-state index is 11.5. The van der Waals surface area contributed by atoms with Crippen LogP contribution in [-0.2, 0) is 27.7 Å². The summed E-state index contributed by atoms with van der Waals surface area (Å²) in [5.41, 5.74) is 22.0. The Balaban J connectivity index is 0.000000147. The Morgan fingerprint density at radius 3 is 1.35 bits per heavy atom. The average molecular weight is 1690 g/mol. The number of amides is 1. The van der Waals surface area contributed by atoms with Crippen molar-refractivity contribution >= 4 is 107 Å². The summed E-state index contributed by atoms with van der Waals surface area (Å²) in [6.45, 7) is 46.0. The first-order valence-corrected chi connectivity index (χ1v) is 49.0. The number of Topliss-reactive ketones (excluding diaryl/α,β-unsaturated/α-hetero) is 1. The van der Waals surface area contributed by atoms with Gasteiger partial charge in [0.15, 0.2) is 16.6 Å². The summed E-state index contributed by atoms with van der Waals surface area (Å²) >= 11 is 3.66. The van der Waals surface area contributed by atoms with Crippen LogP contribution in [0.3, 0.4) is 0 Å². The zero-order valence-corrected chi connectivity index (χ0v) is 76.5. The van der Waals surface area contributed by atoms with Crippen LogP contribution >= 0.6 is 15.9 Å². The van der Waals surface area contributed by atoms with E-state index in [-0.39, 0.29) is 46.4 Å². The van der Waals surface area contributed by atoms with E-state index in [1.54, 1.807) is 4.90 Å². The molecule has 9 heterocycles. The standard InChI is InChI=1S/C25H36N4OSi.C24H31N5O.C19H30BrN3OSi.C12H18BNO2.C10H17NO3/c1-17-27-15-22-23(18-7-9-19(26)10-8-18)16-29(24(22)28-17)20-11-13-21(14-12-20)30-31(5,6)25(2,3)4;1-16-26-14-22-23(15-29(24(22)27-16)20-6-8-21(30)9-7-20)17-2-4-18(5-3-17)28-19-10-12-25-13-11-19;1-13-21-11-16-17(20)12-23(18(16)22-13)14-7-9-15(10-8-14)24-25(5,6)19(2,3)4;1-11(2)12(3,4)16-13(15-11)9-5-7-10(14)8-6-9;1-10(2,3)14-9(13)11-6-4-8(12)5-7-11/h7-10,15-16,20-21H,11-14,26H2,1-6H3;2-5,14-15,19-21,25,28,30H,6-13H2,1H3;11-12,14-15H,7-10H2,1-6H3;5-8H,14H2,1-4H3;4-7H2,1-3H3. The molecule has 22 nitrogen and oxygen atoms in total. The summed E-state index contributed by atoms with van der Waals surface area (Å²) in [6.07, 6.45) is 28.9. The van der Waals surface area contributed by atoms with Crippen molar-refractivity contribution in [3.05, 3.63) is 132 Å². The maximum Gasteiger partial charge on any atom is 0.494 e. The number of anilines is 3. The van der Waals surface area contributed by atoms with E-state index >= 15 is 0 Å². The first-order valence-electron chi connectivity index (χ1n) is 42.4. The number of aryl methyl sites for hydroxylation is 3. The predicted octanol–water partition coefficient (Wildman–Crippen LogP) is 19.7. The molecule has 0 radical (unpaired) electrons. The van der Waals surface area contributed by atoms with E-state index in [4.69, 9.17) is 44.3 Å². The number of fused-ring (bicyclic) bond motifs is 3. The Labute approximate surface area is 700 Å². The van der Waals surface area contributed by atoms with Gasteiger partial charge in [-0.05, 0) is 277 Å². The average Bonchev–Trinajstić information content (AvgIpc) is 1.62. The number of carbonyl (C=O) groups excluding carboxylic acids is 2. The second-order valence-corrected chi connectivity index (χ2v) is 48.3. The van der Waals surface area contributed by atoms with Crippen molar-refractivity contribution in [2.24, 2.45) is 0 Å². The summed E-state index contributed by atoms with van der Waals surface area (Å²) in [5.74, 6) is 2.66. The number of likely N-dealkylation sites (tertiary alicyclic amines) is 1. The van der Waals surface area contributed by atoms with Crippen LogP contribution in [0, 0.1) is 20.8 Å². The molecule has 116 heavy (non-hydrogen) atoms. The molecule has 9 aromatic rings. The molecule has 3 aliphatic heterocycles. The van der Waals surface area contributed by atoms with Gasteiger partial charge in [0.25, 0.3) is 0 Å². The quantitative estimate of drug-likeness (QED) is 0.0562. The number of nitrogens with zero attached hydrogens (tertiary/aromatic N) is 10. The Morgan fingerprint density at radius 2 is 0.940 bits per heavy atom. The highest BCUT2D eigenvalue weighted by atomic mass is 79.9. The molecule has 26 heteroatoms. The second kappa shape index (κ2) is 37.1. The van der Waals surface area contributed by atoms with Gasteiger partial charge >= 0.3 is 13.2 Å². The maximum absolute atomic E-state index is 11.5. The van der Waals surface area contributed by atoms with E-state index < -0.39 is 22.2 Å². The van der Waals surface area contributed by atoms with Crippen LogP contribution in [0.5, 0.6) is 0 Å². The third-order valence-electron chi connectivity index (χ3n) is 25.3. The van der Waals surface area contributed by atoms with Gasteiger partial charge in [0, 0.05) is 143 Å². The number of nitrogen functional groups attached to an aromatic ring is 2.